The number of likely N-dealkylation sites (tertiary alicyclic amines) is 1. The number of amides is 1. The van der Waals surface area contributed by atoms with Crippen molar-refractivity contribution in [2.45, 2.75) is 130 Å². The van der Waals surface area contributed by atoms with Crippen molar-refractivity contribution >= 4 is 28.8 Å². The molecule has 0 saturated carbocycles. The van der Waals surface area contributed by atoms with Crippen molar-refractivity contribution in [1.29, 1.82) is 0 Å². The van der Waals surface area contributed by atoms with E-state index in [4.69, 9.17) is 0 Å². The van der Waals surface area contributed by atoms with Crippen LogP contribution < -0.4 is 0 Å². The molecule has 42 heavy (non-hydrogen) atoms. The SMILES string of the molecule is CCCCCCCCCCC(=O)C[C@H](C(=O)N1C[C@H](O)C[C@H]1C(=O)CCc1ccc(-c2scnc2C)cc1)C(C)(C)C. The molecular formula is C35H52N2O4S. The van der Waals surface area contributed by atoms with Gasteiger partial charge in [-0.25, -0.2) is 4.98 Å². The number of aryl methyl sites for hydroxylation is 2. The summed E-state index contributed by atoms with van der Waals surface area (Å²) in [5, 5.41) is 10.5. The molecule has 1 aromatic heterocycles. The Morgan fingerprint density at radius 3 is 2.24 bits per heavy atom. The van der Waals surface area contributed by atoms with Crippen molar-refractivity contribution in [2.24, 2.45) is 11.3 Å². The van der Waals surface area contributed by atoms with Crippen molar-refractivity contribution in [3.05, 3.63) is 41.0 Å². The second-order valence-corrected chi connectivity index (χ2v) is 14.1. The molecule has 1 N–H and O–H groups in total. The number of rotatable bonds is 17. The quantitative estimate of drug-likeness (QED) is 0.189. The minimum Gasteiger partial charge on any atom is -0.391 e. The largest absolute Gasteiger partial charge is 0.391 e. The van der Waals surface area contributed by atoms with Crippen LogP contribution in [0.25, 0.3) is 10.4 Å². The lowest BCUT2D eigenvalue weighted by Crippen LogP contribution is -2.47. The zero-order chi connectivity index (χ0) is 30.7. The van der Waals surface area contributed by atoms with Gasteiger partial charge in [-0.05, 0) is 36.3 Å². The van der Waals surface area contributed by atoms with Gasteiger partial charge in [-0.1, -0.05) is 96.9 Å². The van der Waals surface area contributed by atoms with Gasteiger partial charge in [0.05, 0.1) is 28.2 Å². The summed E-state index contributed by atoms with van der Waals surface area (Å²) in [6.07, 6.45) is 10.5. The number of thiazole rings is 1. The van der Waals surface area contributed by atoms with Gasteiger partial charge in [-0.15, -0.1) is 11.3 Å². The van der Waals surface area contributed by atoms with Crippen LogP contribution in [0.2, 0.25) is 0 Å². The lowest BCUT2D eigenvalue weighted by Gasteiger charge is -2.34. The molecule has 1 saturated heterocycles. The van der Waals surface area contributed by atoms with E-state index in [0.717, 1.165) is 41.0 Å². The highest BCUT2D eigenvalue weighted by atomic mass is 32.1. The smallest absolute Gasteiger partial charge is 0.227 e. The third-order valence-corrected chi connectivity index (χ3v) is 9.62. The molecule has 0 bridgehead atoms. The Morgan fingerprint density at radius 1 is 1.00 bits per heavy atom. The minimum atomic E-state index is -0.724. The van der Waals surface area contributed by atoms with Crippen LogP contribution in [0.15, 0.2) is 29.8 Å². The molecule has 0 spiro atoms. The lowest BCUT2D eigenvalue weighted by atomic mass is 9.76. The van der Waals surface area contributed by atoms with Gasteiger partial charge in [0.25, 0.3) is 0 Å². The van der Waals surface area contributed by atoms with E-state index in [1.807, 2.05) is 45.3 Å². The monoisotopic (exact) mass is 596 g/mol. The highest BCUT2D eigenvalue weighted by Gasteiger charge is 2.43. The van der Waals surface area contributed by atoms with E-state index in [2.05, 4.69) is 24.0 Å². The summed E-state index contributed by atoms with van der Waals surface area (Å²) in [4.78, 5) is 47.2. The Hall–Kier alpha value is -2.38. The van der Waals surface area contributed by atoms with Gasteiger partial charge >= 0.3 is 0 Å². The predicted octanol–water partition coefficient (Wildman–Crippen LogP) is 7.73. The molecule has 1 fully saturated rings. The third-order valence-electron chi connectivity index (χ3n) is 8.64. The molecule has 2 heterocycles. The Bertz CT molecular complexity index is 1150. The van der Waals surface area contributed by atoms with Gasteiger partial charge in [0.2, 0.25) is 5.91 Å². The molecule has 3 rings (SSSR count). The average molecular weight is 597 g/mol. The molecule has 1 aliphatic heterocycles. The standard InChI is InChI=1S/C35H52N2O4S/c1-6-7-8-9-10-11-12-13-14-28(38)21-30(35(3,4)5)34(41)37-23-29(39)22-31(37)32(40)20-17-26-15-18-27(19-16-26)33-25(2)36-24-42-33/h15-16,18-19,24,29-31,39H,6-14,17,20-23H2,1-5H3/t29-,30-,31+/m1/s1. The lowest BCUT2D eigenvalue weighted by molar-refractivity contribution is -0.145. The molecule has 0 aliphatic carbocycles. The molecule has 3 atom stereocenters. The Morgan fingerprint density at radius 2 is 1.64 bits per heavy atom. The minimum absolute atomic E-state index is 0.0276. The summed E-state index contributed by atoms with van der Waals surface area (Å²) in [6.45, 7) is 10.3. The third kappa shape index (κ3) is 10.1. The molecule has 2 aromatic rings. The van der Waals surface area contributed by atoms with Crippen molar-refractivity contribution in [1.82, 2.24) is 9.88 Å². The van der Waals surface area contributed by atoms with Gasteiger partial charge in [-0.3, -0.25) is 14.4 Å². The van der Waals surface area contributed by atoms with Gasteiger partial charge in [0, 0.05) is 38.1 Å². The molecular weight excluding hydrogens is 544 g/mol. The maximum atomic E-state index is 13.8. The number of β-amino-alcohol motifs (C(OH)–C–C–N with tert-alkyl or cyclic N) is 1. The van der Waals surface area contributed by atoms with E-state index in [0.29, 0.717) is 19.3 Å². The topological polar surface area (TPSA) is 87.6 Å². The predicted molar refractivity (Wildman–Crippen MR) is 172 cm³/mol. The molecule has 0 radical (unpaired) electrons. The number of aliphatic hydroxyl groups is 1. The molecule has 1 amide bonds. The fourth-order valence-corrected chi connectivity index (χ4v) is 6.76. The van der Waals surface area contributed by atoms with E-state index < -0.39 is 23.5 Å². The van der Waals surface area contributed by atoms with E-state index in [1.165, 1.54) is 32.1 Å². The fourth-order valence-electron chi connectivity index (χ4n) is 5.95. The van der Waals surface area contributed by atoms with Crippen LogP contribution in [0.4, 0.5) is 0 Å². The highest BCUT2D eigenvalue weighted by Crippen LogP contribution is 2.34. The zero-order valence-corrected chi connectivity index (χ0v) is 27.3. The van der Waals surface area contributed by atoms with Crippen molar-refractivity contribution in [3.63, 3.8) is 0 Å². The number of hydrogen-bond acceptors (Lipinski definition) is 6. The average Bonchev–Trinajstić information content (AvgIpc) is 3.56. The molecule has 7 heteroatoms. The number of Topliss-reactive ketones (excluding diaryl/α,β-unsaturated/α-hetero) is 2. The first-order valence-electron chi connectivity index (χ1n) is 16.0. The number of nitrogens with zero attached hydrogens (tertiary/aromatic N) is 2. The Balaban J connectivity index is 1.54. The van der Waals surface area contributed by atoms with E-state index in [9.17, 15) is 19.5 Å². The maximum Gasteiger partial charge on any atom is 0.227 e. The first-order valence-corrected chi connectivity index (χ1v) is 16.9. The number of benzene rings is 1. The number of ketones is 2. The fraction of sp³-hybridized carbons (Fsp3) is 0.657. The number of aliphatic hydroxyl groups excluding tert-OH is 1. The first-order chi connectivity index (χ1) is 20.0. The van der Waals surface area contributed by atoms with Crippen LogP contribution in [0.3, 0.4) is 0 Å². The molecule has 1 aliphatic rings. The number of carbonyl (C=O) groups excluding carboxylic acids is 3. The first kappa shape index (κ1) is 34.1. The highest BCUT2D eigenvalue weighted by molar-refractivity contribution is 7.13. The summed E-state index contributed by atoms with van der Waals surface area (Å²) in [5.74, 6) is -0.595. The number of aromatic nitrogens is 1. The zero-order valence-electron chi connectivity index (χ0n) is 26.5. The number of hydrogen-bond donors (Lipinski definition) is 1. The molecule has 232 valence electrons. The second-order valence-electron chi connectivity index (χ2n) is 13.2. The summed E-state index contributed by atoms with van der Waals surface area (Å²) >= 11 is 1.61. The molecule has 6 nitrogen and oxygen atoms in total. The van der Waals surface area contributed by atoms with Gasteiger partial charge in [0.15, 0.2) is 5.78 Å². The van der Waals surface area contributed by atoms with Crippen molar-refractivity contribution < 1.29 is 19.5 Å². The van der Waals surface area contributed by atoms with Crippen LogP contribution in [-0.4, -0.2) is 51.2 Å². The van der Waals surface area contributed by atoms with Crippen molar-refractivity contribution in [2.75, 3.05) is 6.54 Å². The second kappa shape index (κ2) is 16.5. The van der Waals surface area contributed by atoms with E-state index in [1.54, 1.807) is 16.2 Å². The Kier molecular flexibility index (Phi) is 13.4. The van der Waals surface area contributed by atoms with Gasteiger partial charge < -0.3 is 10.0 Å². The van der Waals surface area contributed by atoms with Gasteiger partial charge in [-0.2, -0.15) is 0 Å². The number of unbranched alkanes of at least 4 members (excludes halogenated alkanes) is 7. The van der Waals surface area contributed by atoms with Crippen molar-refractivity contribution in [3.8, 4) is 10.4 Å². The molecule has 0 unspecified atom stereocenters. The van der Waals surface area contributed by atoms with Crippen LogP contribution in [0.1, 0.15) is 116 Å². The molecule has 1 aromatic carbocycles. The van der Waals surface area contributed by atoms with Crippen LogP contribution in [0, 0.1) is 18.3 Å². The van der Waals surface area contributed by atoms with Crippen LogP contribution >= 0.6 is 11.3 Å². The van der Waals surface area contributed by atoms with Crippen LogP contribution in [0.5, 0.6) is 0 Å². The summed E-state index contributed by atoms with van der Waals surface area (Å²) in [5.41, 5.74) is 4.61. The van der Waals surface area contributed by atoms with E-state index >= 15 is 0 Å². The van der Waals surface area contributed by atoms with Gasteiger partial charge in [0.1, 0.15) is 5.78 Å². The summed E-state index contributed by atoms with van der Waals surface area (Å²) in [6, 6.07) is 7.57. The van der Waals surface area contributed by atoms with Crippen LogP contribution in [-0.2, 0) is 20.8 Å². The maximum absolute atomic E-state index is 13.8. The Labute approximate surface area is 257 Å². The number of carbonyl (C=O) groups is 3. The normalized spacial score (nSPS) is 17.9. The summed E-state index contributed by atoms with van der Waals surface area (Å²) in [7, 11) is 0. The summed E-state index contributed by atoms with van der Waals surface area (Å²) < 4.78 is 0. The van der Waals surface area contributed by atoms with E-state index in [-0.39, 0.29) is 36.9 Å².